The van der Waals surface area contributed by atoms with Gasteiger partial charge in [0.25, 0.3) is 0 Å². The molecule has 1 aromatic carbocycles. The number of carbonyl (C=O) groups is 1. The van der Waals surface area contributed by atoms with Crippen LogP contribution in [-0.2, 0) is 11.2 Å². The number of nitrogens with one attached hydrogen (secondary N) is 2. The summed E-state index contributed by atoms with van der Waals surface area (Å²) in [5.41, 5.74) is 0.909. The lowest BCUT2D eigenvalue weighted by atomic mass is 10.2. The average Bonchev–Trinajstić information content (AvgIpc) is 3.51. The molecule has 0 fully saturated rings. The molecule has 4 aromatic rings. The lowest BCUT2D eigenvalue weighted by Gasteiger charge is -2.00. The quantitative estimate of drug-likeness (QED) is 0.303. The molecule has 0 bridgehead atoms. The Labute approximate surface area is 192 Å². The highest BCUT2D eigenvalue weighted by atomic mass is 32.2. The number of benzene rings is 1. The second kappa shape index (κ2) is 10.3. The van der Waals surface area contributed by atoms with E-state index < -0.39 is 11.6 Å². The molecule has 12 heteroatoms. The van der Waals surface area contributed by atoms with Gasteiger partial charge in [0.1, 0.15) is 0 Å². The number of thiophene rings is 1. The van der Waals surface area contributed by atoms with Crippen LogP contribution in [0.3, 0.4) is 0 Å². The zero-order valence-corrected chi connectivity index (χ0v) is 19.1. The predicted octanol–water partition coefficient (Wildman–Crippen LogP) is 5.39. The number of anilines is 2. The second-order valence-electron chi connectivity index (χ2n) is 6.13. The van der Waals surface area contributed by atoms with Crippen molar-refractivity contribution in [2.75, 3.05) is 22.9 Å². The molecule has 1 amide bonds. The Morgan fingerprint density at radius 2 is 2.00 bits per heavy atom. The summed E-state index contributed by atoms with van der Waals surface area (Å²) in [6.45, 7) is 0.768. The number of nitrogens with zero attached hydrogens (tertiary/aromatic N) is 3. The lowest BCUT2D eigenvalue weighted by molar-refractivity contribution is -0.113. The van der Waals surface area contributed by atoms with Gasteiger partial charge < -0.3 is 10.6 Å². The Hall–Kier alpha value is -2.41. The monoisotopic (exact) mass is 495 g/mol. The third-order valence-corrected chi connectivity index (χ3v) is 7.64. The second-order valence-corrected chi connectivity index (χ2v) is 10.2. The van der Waals surface area contributed by atoms with E-state index in [0.29, 0.717) is 20.7 Å². The van der Waals surface area contributed by atoms with Crippen LogP contribution in [0, 0.1) is 11.6 Å². The molecule has 6 nitrogen and oxygen atoms in total. The van der Waals surface area contributed by atoms with E-state index in [1.54, 1.807) is 16.7 Å². The van der Waals surface area contributed by atoms with Crippen LogP contribution in [0.25, 0.3) is 11.3 Å². The van der Waals surface area contributed by atoms with Crippen molar-refractivity contribution in [3.63, 3.8) is 0 Å². The largest absolute Gasteiger partial charge is 0.360 e. The summed E-state index contributed by atoms with van der Waals surface area (Å²) >= 11 is 5.62. The fraction of sp³-hybridized carbons (Fsp3) is 0.158. The van der Waals surface area contributed by atoms with E-state index in [-0.39, 0.29) is 11.7 Å². The summed E-state index contributed by atoms with van der Waals surface area (Å²) in [4.78, 5) is 17.8. The highest BCUT2D eigenvalue weighted by Gasteiger charge is 2.12. The molecule has 160 valence electrons. The summed E-state index contributed by atoms with van der Waals surface area (Å²) in [6, 6.07) is 7.69. The summed E-state index contributed by atoms with van der Waals surface area (Å²) in [6.07, 6.45) is 0.919. The van der Waals surface area contributed by atoms with Gasteiger partial charge in [0, 0.05) is 22.4 Å². The number of thiazole rings is 1. The fourth-order valence-electron chi connectivity index (χ4n) is 2.49. The van der Waals surface area contributed by atoms with Gasteiger partial charge in [-0.2, -0.15) is 0 Å². The predicted molar refractivity (Wildman–Crippen MR) is 123 cm³/mol. The standard InChI is InChI=1S/C19H15F2N5OS4/c20-13-4-3-11(8-14(13)21)15-9-29-18(23-15)24-16(27)10-30-19-26-25-17(31-19)22-6-5-12-2-1-7-28-12/h1-4,7-9H,5-6,10H2,(H,22,25)(H,23,24,27). The molecular weight excluding hydrogens is 481 g/mol. The first-order chi connectivity index (χ1) is 15.1. The van der Waals surface area contributed by atoms with E-state index in [0.717, 1.165) is 30.2 Å². The van der Waals surface area contributed by atoms with Crippen LogP contribution in [0.4, 0.5) is 19.0 Å². The number of halogens is 2. The topological polar surface area (TPSA) is 79.8 Å². The van der Waals surface area contributed by atoms with Crippen LogP contribution >= 0.6 is 45.8 Å². The molecule has 3 aromatic heterocycles. The van der Waals surface area contributed by atoms with Gasteiger partial charge in [-0.15, -0.1) is 32.9 Å². The number of carbonyl (C=O) groups excluding carboxylic acids is 1. The van der Waals surface area contributed by atoms with Crippen LogP contribution in [0.5, 0.6) is 0 Å². The molecule has 2 N–H and O–H groups in total. The zero-order chi connectivity index (χ0) is 21.6. The number of amides is 1. The number of hydrogen-bond acceptors (Lipinski definition) is 9. The minimum absolute atomic E-state index is 0.157. The van der Waals surface area contributed by atoms with Crippen LogP contribution in [-0.4, -0.2) is 33.4 Å². The molecule has 3 heterocycles. The highest BCUT2D eigenvalue weighted by Crippen LogP contribution is 2.28. The van der Waals surface area contributed by atoms with Crippen molar-refractivity contribution in [2.45, 2.75) is 10.8 Å². The Kier molecular flexibility index (Phi) is 7.22. The zero-order valence-electron chi connectivity index (χ0n) is 15.8. The summed E-state index contributed by atoms with van der Waals surface area (Å²) in [7, 11) is 0. The van der Waals surface area contributed by atoms with E-state index in [1.807, 2.05) is 6.07 Å². The van der Waals surface area contributed by atoms with E-state index in [2.05, 4.69) is 37.3 Å². The van der Waals surface area contributed by atoms with Crippen LogP contribution in [0.15, 0.2) is 45.4 Å². The summed E-state index contributed by atoms with van der Waals surface area (Å²) in [5.74, 6) is -1.94. The number of thioether (sulfide) groups is 1. The minimum Gasteiger partial charge on any atom is -0.360 e. The summed E-state index contributed by atoms with van der Waals surface area (Å²) < 4.78 is 27.2. The van der Waals surface area contributed by atoms with Crippen molar-refractivity contribution < 1.29 is 13.6 Å². The Balaban J connectivity index is 1.24. The van der Waals surface area contributed by atoms with Crippen LogP contribution in [0.2, 0.25) is 0 Å². The van der Waals surface area contributed by atoms with Gasteiger partial charge in [0.05, 0.1) is 11.4 Å². The van der Waals surface area contributed by atoms with Crippen molar-refractivity contribution in [3.05, 3.63) is 57.6 Å². The molecule has 0 saturated carbocycles. The van der Waals surface area contributed by atoms with Crippen molar-refractivity contribution in [1.29, 1.82) is 0 Å². The first-order valence-electron chi connectivity index (χ1n) is 9.00. The van der Waals surface area contributed by atoms with Gasteiger partial charge in [-0.1, -0.05) is 29.2 Å². The molecular formula is C19H15F2N5OS4. The molecule has 0 radical (unpaired) electrons. The Morgan fingerprint density at radius 3 is 2.81 bits per heavy atom. The van der Waals surface area contributed by atoms with Crippen LogP contribution in [0.1, 0.15) is 4.88 Å². The maximum atomic E-state index is 13.4. The van der Waals surface area contributed by atoms with Gasteiger partial charge in [0.15, 0.2) is 21.1 Å². The molecule has 0 aliphatic rings. The number of aromatic nitrogens is 3. The van der Waals surface area contributed by atoms with E-state index in [4.69, 9.17) is 0 Å². The first kappa shape index (κ1) is 21.8. The molecule has 0 aliphatic carbocycles. The van der Waals surface area contributed by atoms with Gasteiger partial charge in [-0.3, -0.25) is 4.79 Å². The van der Waals surface area contributed by atoms with E-state index in [9.17, 15) is 13.6 Å². The molecule has 4 rings (SSSR count). The van der Waals surface area contributed by atoms with Gasteiger partial charge in [-0.05, 0) is 36.1 Å². The molecule has 31 heavy (non-hydrogen) atoms. The number of rotatable bonds is 9. The van der Waals surface area contributed by atoms with E-state index in [1.165, 1.54) is 45.4 Å². The fourth-order valence-corrected chi connectivity index (χ4v) is 5.51. The van der Waals surface area contributed by atoms with Gasteiger partial charge in [0.2, 0.25) is 11.0 Å². The molecule has 0 aliphatic heterocycles. The van der Waals surface area contributed by atoms with Gasteiger partial charge >= 0.3 is 0 Å². The van der Waals surface area contributed by atoms with Crippen molar-refractivity contribution in [2.24, 2.45) is 0 Å². The van der Waals surface area contributed by atoms with Crippen LogP contribution < -0.4 is 10.6 Å². The van der Waals surface area contributed by atoms with E-state index >= 15 is 0 Å². The first-order valence-corrected chi connectivity index (χ1v) is 12.6. The molecule has 0 spiro atoms. The third-order valence-electron chi connectivity index (χ3n) is 3.93. The normalized spacial score (nSPS) is 10.9. The SMILES string of the molecule is O=C(CSc1nnc(NCCc2cccs2)s1)Nc1nc(-c2ccc(F)c(F)c2)cs1. The maximum Gasteiger partial charge on any atom is 0.236 e. The minimum atomic E-state index is -0.940. The average molecular weight is 496 g/mol. The molecule has 0 saturated heterocycles. The maximum absolute atomic E-state index is 13.4. The summed E-state index contributed by atoms with van der Waals surface area (Å²) in [5, 5.41) is 18.9. The third kappa shape index (κ3) is 6.06. The van der Waals surface area contributed by atoms with Crippen molar-refractivity contribution >= 4 is 61.9 Å². The lowest BCUT2D eigenvalue weighted by Crippen LogP contribution is -2.13. The van der Waals surface area contributed by atoms with Crippen molar-refractivity contribution in [1.82, 2.24) is 15.2 Å². The van der Waals surface area contributed by atoms with Gasteiger partial charge in [-0.25, -0.2) is 13.8 Å². The smallest absolute Gasteiger partial charge is 0.236 e. The molecule has 0 unspecified atom stereocenters. The Bertz CT molecular complexity index is 1160. The number of hydrogen-bond donors (Lipinski definition) is 2. The Morgan fingerprint density at radius 1 is 1.10 bits per heavy atom. The highest BCUT2D eigenvalue weighted by molar-refractivity contribution is 8.01. The van der Waals surface area contributed by atoms with Crippen molar-refractivity contribution in [3.8, 4) is 11.3 Å². The molecule has 0 atom stereocenters.